The average Bonchev–Trinajstić information content (AvgIpc) is 2.83. The second-order valence-electron chi connectivity index (χ2n) is 3.64. The Morgan fingerprint density at radius 1 is 1.33 bits per heavy atom. The molecular weight excluding hydrogens is 250 g/mol. The Labute approximate surface area is 109 Å². The summed E-state index contributed by atoms with van der Waals surface area (Å²) in [5.41, 5.74) is 1.99. The summed E-state index contributed by atoms with van der Waals surface area (Å²) in [6.07, 6.45) is 0. The fourth-order valence-corrected chi connectivity index (χ4v) is 2.04. The quantitative estimate of drug-likeness (QED) is 0.796. The van der Waals surface area contributed by atoms with Crippen LogP contribution in [0.5, 0.6) is 5.75 Å². The number of methoxy groups -OCH3 is 1. The van der Waals surface area contributed by atoms with Crippen molar-refractivity contribution in [1.29, 1.82) is 0 Å². The molecule has 1 heterocycles. The number of esters is 1. The molecule has 94 valence electrons. The van der Waals surface area contributed by atoms with Gasteiger partial charge in [-0.3, -0.25) is 0 Å². The van der Waals surface area contributed by atoms with Crippen molar-refractivity contribution < 1.29 is 14.3 Å². The molecule has 4 nitrogen and oxygen atoms in total. The van der Waals surface area contributed by atoms with E-state index in [0.717, 1.165) is 16.3 Å². The maximum absolute atomic E-state index is 10.9. The zero-order valence-corrected chi connectivity index (χ0v) is 11.0. The molecule has 0 aliphatic heterocycles. The topological polar surface area (TPSA) is 48.4 Å². The van der Waals surface area contributed by atoms with Gasteiger partial charge in [0.2, 0.25) is 0 Å². The summed E-state index contributed by atoms with van der Waals surface area (Å²) in [7, 11) is 1.33. The molecule has 0 saturated carbocycles. The Balaban J connectivity index is 2.03. The molecule has 0 unspecified atom stereocenters. The van der Waals surface area contributed by atoms with E-state index < -0.39 is 5.97 Å². The Bertz CT molecular complexity index is 533. The highest BCUT2D eigenvalue weighted by Gasteiger charge is 2.04. The zero-order chi connectivity index (χ0) is 13.0. The lowest BCUT2D eigenvalue weighted by atomic mass is 10.2. The molecule has 0 spiro atoms. The molecule has 0 N–H and O–H groups in total. The number of hydrogen-bond acceptors (Lipinski definition) is 5. The van der Waals surface area contributed by atoms with Gasteiger partial charge in [0.1, 0.15) is 5.75 Å². The maximum Gasteiger partial charge on any atom is 0.343 e. The van der Waals surface area contributed by atoms with E-state index in [1.165, 1.54) is 7.11 Å². The molecule has 2 aromatic rings. The van der Waals surface area contributed by atoms with Crippen molar-refractivity contribution in [1.82, 2.24) is 4.98 Å². The van der Waals surface area contributed by atoms with Gasteiger partial charge >= 0.3 is 5.97 Å². The van der Waals surface area contributed by atoms with E-state index in [1.54, 1.807) is 11.3 Å². The summed E-state index contributed by atoms with van der Waals surface area (Å²) >= 11 is 1.62. The zero-order valence-electron chi connectivity index (χ0n) is 10.2. The Kier molecular flexibility index (Phi) is 3.94. The second kappa shape index (κ2) is 5.64. The predicted octanol–water partition coefficient (Wildman–Crippen LogP) is 2.67. The van der Waals surface area contributed by atoms with Crippen molar-refractivity contribution in [2.45, 2.75) is 6.92 Å². The Morgan fingerprint density at radius 2 is 2.06 bits per heavy atom. The van der Waals surface area contributed by atoms with Crippen molar-refractivity contribution in [2.75, 3.05) is 13.7 Å². The normalized spacial score (nSPS) is 10.1. The van der Waals surface area contributed by atoms with Crippen molar-refractivity contribution in [3.63, 3.8) is 0 Å². The first-order valence-electron chi connectivity index (χ1n) is 5.41. The van der Waals surface area contributed by atoms with E-state index in [2.05, 4.69) is 9.72 Å². The van der Waals surface area contributed by atoms with Crippen LogP contribution in [0.15, 0.2) is 29.6 Å². The van der Waals surface area contributed by atoms with Crippen molar-refractivity contribution in [3.8, 4) is 17.0 Å². The Hall–Kier alpha value is -1.88. The SMILES string of the molecule is COC(=O)COc1ccc(-c2csc(C)n2)cc1. The van der Waals surface area contributed by atoms with E-state index in [9.17, 15) is 4.79 Å². The van der Waals surface area contributed by atoms with Crippen LogP contribution in [-0.2, 0) is 9.53 Å². The van der Waals surface area contributed by atoms with Crippen LogP contribution in [0.1, 0.15) is 5.01 Å². The third-order valence-corrected chi connectivity index (χ3v) is 3.13. The Morgan fingerprint density at radius 3 is 2.61 bits per heavy atom. The highest BCUT2D eigenvalue weighted by molar-refractivity contribution is 7.09. The van der Waals surface area contributed by atoms with Gasteiger partial charge in [-0.25, -0.2) is 9.78 Å². The minimum absolute atomic E-state index is 0.0777. The summed E-state index contributed by atoms with van der Waals surface area (Å²) in [5, 5.41) is 3.05. The lowest BCUT2D eigenvalue weighted by molar-refractivity contribution is -0.142. The molecule has 0 saturated heterocycles. The fourth-order valence-electron chi connectivity index (χ4n) is 1.42. The highest BCUT2D eigenvalue weighted by Crippen LogP contribution is 2.23. The number of carbonyl (C=O) groups is 1. The van der Waals surface area contributed by atoms with Gasteiger partial charge < -0.3 is 9.47 Å². The molecule has 0 atom stereocenters. The molecule has 18 heavy (non-hydrogen) atoms. The van der Waals surface area contributed by atoms with Crippen molar-refractivity contribution in [3.05, 3.63) is 34.7 Å². The number of aryl methyl sites for hydroxylation is 1. The van der Waals surface area contributed by atoms with Gasteiger partial charge in [-0.15, -0.1) is 11.3 Å². The van der Waals surface area contributed by atoms with Crippen LogP contribution >= 0.6 is 11.3 Å². The molecule has 1 aromatic carbocycles. The van der Waals surface area contributed by atoms with Gasteiger partial charge in [-0.05, 0) is 31.2 Å². The van der Waals surface area contributed by atoms with Crippen LogP contribution in [0, 0.1) is 6.92 Å². The van der Waals surface area contributed by atoms with E-state index in [1.807, 2.05) is 36.6 Å². The third kappa shape index (κ3) is 3.07. The monoisotopic (exact) mass is 263 g/mol. The van der Waals surface area contributed by atoms with Crippen LogP contribution in [0.25, 0.3) is 11.3 Å². The summed E-state index contributed by atoms with van der Waals surface area (Å²) in [5.74, 6) is 0.241. The van der Waals surface area contributed by atoms with E-state index in [-0.39, 0.29) is 6.61 Å². The molecule has 0 aliphatic rings. The summed E-state index contributed by atoms with van der Waals surface area (Å²) in [6.45, 7) is 1.90. The number of hydrogen-bond donors (Lipinski definition) is 0. The lowest BCUT2D eigenvalue weighted by Crippen LogP contribution is -2.12. The maximum atomic E-state index is 10.9. The molecule has 0 fully saturated rings. The molecular formula is C13H13NO3S. The molecule has 0 aliphatic carbocycles. The summed E-state index contributed by atoms with van der Waals surface area (Å²) in [6, 6.07) is 7.46. The van der Waals surface area contributed by atoms with E-state index in [4.69, 9.17) is 4.74 Å². The molecule has 2 rings (SSSR count). The second-order valence-corrected chi connectivity index (χ2v) is 4.70. The first-order chi connectivity index (χ1) is 8.69. The standard InChI is InChI=1S/C13H13NO3S/c1-9-14-12(8-18-9)10-3-5-11(6-4-10)17-7-13(15)16-2/h3-6,8H,7H2,1-2H3. The van der Waals surface area contributed by atoms with Crippen LogP contribution in [-0.4, -0.2) is 24.7 Å². The van der Waals surface area contributed by atoms with Crippen LogP contribution in [0.3, 0.4) is 0 Å². The predicted molar refractivity (Wildman–Crippen MR) is 69.8 cm³/mol. The number of thiazole rings is 1. The van der Waals surface area contributed by atoms with Gasteiger partial charge in [0.15, 0.2) is 6.61 Å². The summed E-state index contributed by atoms with van der Waals surface area (Å²) < 4.78 is 9.76. The molecule has 0 radical (unpaired) electrons. The molecule has 0 amide bonds. The number of aromatic nitrogens is 1. The first kappa shape index (κ1) is 12.6. The van der Waals surface area contributed by atoms with Crippen LogP contribution < -0.4 is 4.74 Å². The van der Waals surface area contributed by atoms with E-state index in [0.29, 0.717) is 5.75 Å². The molecule has 5 heteroatoms. The average molecular weight is 263 g/mol. The van der Waals surface area contributed by atoms with E-state index >= 15 is 0 Å². The van der Waals surface area contributed by atoms with Crippen LogP contribution in [0.2, 0.25) is 0 Å². The number of rotatable bonds is 4. The minimum atomic E-state index is -0.394. The number of benzene rings is 1. The number of ether oxygens (including phenoxy) is 2. The largest absolute Gasteiger partial charge is 0.482 e. The molecule has 1 aromatic heterocycles. The fraction of sp³-hybridized carbons (Fsp3) is 0.231. The minimum Gasteiger partial charge on any atom is -0.482 e. The smallest absolute Gasteiger partial charge is 0.343 e. The van der Waals surface area contributed by atoms with Gasteiger partial charge in [0.25, 0.3) is 0 Å². The van der Waals surface area contributed by atoms with Gasteiger partial charge in [0, 0.05) is 10.9 Å². The van der Waals surface area contributed by atoms with Crippen LogP contribution in [0.4, 0.5) is 0 Å². The van der Waals surface area contributed by atoms with Gasteiger partial charge in [0.05, 0.1) is 17.8 Å². The lowest BCUT2D eigenvalue weighted by Gasteiger charge is -2.05. The molecule has 0 bridgehead atoms. The number of carbonyl (C=O) groups excluding carboxylic acids is 1. The van der Waals surface area contributed by atoms with Gasteiger partial charge in [-0.1, -0.05) is 0 Å². The van der Waals surface area contributed by atoms with Crippen molar-refractivity contribution >= 4 is 17.3 Å². The first-order valence-corrected chi connectivity index (χ1v) is 6.29. The van der Waals surface area contributed by atoms with Crippen molar-refractivity contribution in [2.24, 2.45) is 0 Å². The highest BCUT2D eigenvalue weighted by atomic mass is 32.1. The third-order valence-electron chi connectivity index (χ3n) is 2.35. The number of nitrogens with zero attached hydrogens (tertiary/aromatic N) is 1. The van der Waals surface area contributed by atoms with Gasteiger partial charge in [-0.2, -0.15) is 0 Å². The summed E-state index contributed by atoms with van der Waals surface area (Å²) in [4.78, 5) is 15.3.